The van der Waals surface area contributed by atoms with Crippen molar-refractivity contribution >= 4 is 15.9 Å². The fourth-order valence-electron chi connectivity index (χ4n) is 2.69. The summed E-state index contributed by atoms with van der Waals surface area (Å²) in [5, 5.41) is 2.74. The smallest absolute Gasteiger partial charge is 0.251 e. The lowest BCUT2D eigenvalue weighted by molar-refractivity contribution is 0.0949. The summed E-state index contributed by atoms with van der Waals surface area (Å²) in [4.78, 5) is 16.5. The van der Waals surface area contributed by atoms with Gasteiger partial charge in [0.1, 0.15) is 5.82 Å². The molecule has 2 heterocycles. The lowest BCUT2D eigenvalue weighted by Gasteiger charge is -2.11. The topological polar surface area (TPSA) is 102 Å². The second-order valence-electron chi connectivity index (χ2n) is 6.25. The average molecular weight is 378 g/mol. The van der Waals surface area contributed by atoms with Crippen LogP contribution < -0.4 is 10.0 Å². The maximum absolute atomic E-state index is 12.5. The van der Waals surface area contributed by atoms with Crippen molar-refractivity contribution in [1.29, 1.82) is 0 Å². The molecule has 0 saturated carbocycles. The van der Waals surface area contributed by atoms with E-state index in [1.807, 2.05) is 7.05 Å². The van der Waals surface area contributed by atoms with E-state index in [4.69, 9.17) is 4.74 Å². The Labute approximate surface area is 152 Å². The molecule has 1 aromatic heterocycles. The Morgan fingerprint density at radius 2 is 2.27 bits per heavy atom. The molecule has 8 nitrogen and oxygen atoms in total. The van der Waals surface area contributed by atoms with Crippen molar-refractivity contribution in [1.82, 2.24) is 19.6 Å². The number of ether oxygens (including phenoxy) is 1. The van der Waals surface area contributed by atoms with Crippen LogP contribution in [0.15, 0.2) is 41.6 Å². The summed E-state index contributed by atoms with van der Waals surface area (Å²) in [6.45, 7) is 1.83. The summed E-state index contributed by atoms with van der Waals surface area (Å²) >= 11 is 0. The molecule has 1 saturated heterocycles. The lowest BCUT2D eigenvalue weighted by Crippen LogP contribution is -2.30. The molecule has 1 amide bonds. The van der Waals surface area contributed by atoms with Gasteiger partial charge in [-0.05, 0) is 30.5 Å². The van der Waals surface area contributed by atoms with Crippen LogP contribution in [0.3, 0.4) is 0 Å². The van der Waals surface area contributed by atoms with Crippen LogP contribution in [0.4, 0.5) is 0 Å². The summed E-state index contributed by atoms with van der Waals surface area (Å²) in [6, 6.07) is 5.99. The molecule has 0 radical (unpaired) electrons. The molecule has 2 N–H and O–H groups in total. The van der Waals surface area contributed by atoms with Gasteiger partial charge < -0.3 is 14.6 Å². The first-order valence-corrected chi connectivity index (χ1v) is 9.86. The Hall–Kier alpha value is -2.23. The summed E-state index contributed by atoms with van der Waals surface area (Å²) in [7, 11) is -1.83. The van der Waals surface area contributed by atoms with Crippen molar-refractivity contribution in [3.63, 3.8) is 0 Å². The summed E-state index contributed by atoms with van der Waals surface area (Å²) in [5.74, 6) is 0.547. The van der Waals surface area contributed by atoms with Gasteiger partial charge in [-0.25, -0.2) is 18.1 Å². The first kappa shape index (κ1) is 18.6. The third kappa shape index (κ3) is 4.48. The van der Waals surface area contributed by atoms with Crippen molar-refractivity contribution < 1.29 is 17.9 Å². The number of benzene rings is 1. The van der Waals surface area contributed by atoms with Gasteiger partial charge in [0.05, 0.1) is 18.0 Å². The molecule has 26 heavy (non-hydrogen) atoms. The third-order valence-electron chi connectivity index (χ3n) is 4.32. The number of hydrogen-bond donors (Lipinski definition) is 2. The van der Waals surface area contributed by atoms with Crippen LogP contribution in [0, 0.1) is 5.92 Å². The van der Waals surface area contributed by atoms with Gasteiger partial charge in [0.2, 0.25) is 10.0 Å². The molecule has 1 atom stereocenters. The van der Waals surface area contributed by atoms with E-state index in [1.165, 1.54) is 12.1 Å². The predicted molar refractivity (Wildman–Crippen MR) is 94.9 cm³/mol. The monoisotopic (exact) mass is 378 g/mol. The van der Waals surface area contributed by atoms with Gasteiger partial charge in [0.15, 0.2) is 0 Å². The average Bonchev–Trinajstić information content (AvgIpc) is 3.30. The molecule has 1 aliphatic rings. The Bertz CT molecular complexity index is 872. The number of rotatable bonds is 7. The first-order valence-electron chi connectivity index (χ1n) is 8.37. The van der Waals surface area contributed by atoms with Crippen LogP contribution in [0.5, 0.6) is 0 Å². The molecule has 0 bridgehead atoms. The molecule has 3 rings (SSSR count). The highest BCUT2D eigenvalue weighted by Gasteiger charge is 2.21. The highest BCUT2D eigenvalue weighted by Crippen LogP contribution is 2.15. The number of carbonyl (C=O) groups is 1. The maximum Gasteiger partial charge on any atom is 0.251 e. The van der Waals surface area contributed by atoms with Crippen LogP contribution in [0.2, 0.25) is 0 Å². The molecule has 0 spiro atoms. The van der Waals surface area contributed by atoms with E-state index in [0.29, 0.717) is 25.6 Å². The van der Waals surface area contributed by atoms with Crippen LogP contribution in [-0.4, -0.2) is 43.6 Å². The van der Waals surface area contributed by atoms with Crippen molar-refractivity contribution in [3.8, 4) is 0 Å². The van der Waals surface area contributed by atoms with Gasteiger partial charge >= 0.3 is 0 Å². The molecule has 1 aliphatic heterocycles. The number of aryl methyl sites for hydroxylation is 1. The van der Waals surface area contributed by atoms with Crippen LogP contribution in [-0.2, 0) is 28.4 Å². The van der Waals surface area contributed by atoms with Gasteiger partial charge in [0.25, 0.3) is 5.91 Å². The highest BCUT2D eigenvalue weighted by atomic mass is 32.2. The summed E-state index contributed by atoms with van der Waals surface area (Å²) in [6.07, 6.45) is 4.28. The van der Waals surface area contributed by atoms with Gasteiger partial charge in [0, 0.05) is 38.2 Å². The Morgan fingerprint density at radius 3 is 2.96 bits per heavy atom. The standard InChI is InChI=1S/C17H22N4O4S/c1-21-7-6-18-16(21)11-19-17(22)14-3-2-4-15(9-14)26(23,24)20-10-13-5-8-25-12-13/h2-4,6-7,9,13,20H,5,8,10-12H2,1H3,(H,19,22). The minimum atomic E-state index is -3.67. The van der Waals surface area contributed by atoms with Gasteiger partial charge in [-0.3, -0.25) is 4.79 Å². The lowest BCUT2D eigenvalue weighted by atomic mass is 10.1. The molecule has 140 valence electrons. The van der Waals surface area contributed by atoms with E-state index in [1.54, 1.807) is 29.1 Å². The van der Waals surface area contributed by atoms with Crippen molar-refractivity contribution in [3.05, 3.63) is 48.0 Å². The quantitative estimate of drug-likeness (QED) is 0.737. The van der Waals surface area contributed by atoms with Crippen molar-refractivity contribution in [2.24, 2.45) is 13.0 Å². The molecular formula is C17H22N4O4S. The Morgan fingerprint density at radius 1 is 1.42 bits per heavy atom. The second kappa shape index (κ2) is 7.98. The molecule has 9 heteroatoms. The van der Waals surface area contributed by atoms with Crippen LogP contribution in [0.1, 0.15) is 22.6 Å². The maximum atomic E-state index is 12.5. The fraction of sp³-hybridized carbons (Fsp3) is 0.412. The summed E-state index contributed by atoms with van der Waals surface area (Å²) in [5.41, 5.74) is 0.284. The highest BCUT2D eigenvalue weighted by molar-refractivity contribution is 7.89. The number of amides is 1. The SMILES string of the molecule is Cn1ccnc1CNC(=O)c1cccc(S(=O)(=O)NCC2CCOC2)c1. The zero-order chi connectivity index (χ0) is 18.6. The largest absolute Gasteiger partial charge is 0.381 e. The Kier molecular flexibility index (Phi) is 5.70. The molecule has 1 fully saturated rings. The number of nitrogens with one attached hydrogen (secondary N) is 2. The van der Waals surface area contributed by atoms with Crippen molar-refractivity contribution in [2.75, 3.05) is 19.8 Å². The molecule has 1 aromatic carbocycles. The van der Waals surface area contributed by atoms with E-state index < -0.39 is 10.0 Å². The van der Waals surface area contributed by atoms with Crippen LogP contribution in [0.25, 0.3) is 0 Å². The third-order valence-corrected chi connectivity index (χ3v) is 5.74. The zero-order valence-electron chi connectivity index (χ0n) is 14.5. The number of nitrogens with zero attached hydrogens (tertiary/aromatic N) is 2. The summed E-state index contributed by atoms with van der Waals surface area (Å²) < 4.78 is 34.6. The Balaban J connectivity index is 1.64. The van der Waals surface area contributed by atoms with Gasteiger partial charge in [-0.15, -0.1) is 0 Å². The fourth-order valence-corrected chi connectivity index (χ4v) is 3.85. The number of sulfonamides is 1. The van der Waals surface area contributed by atoms with Gasteiger partial charge in [-0.1, -0.05) is 6.07 Å². The van der Waals surface area contributed by atoms with E-state index in [9.17, 15) is 13.2 Å². The number of imidazole rings is 1. The number of hydrogen-bond acceptors (Lipinski definition) is 5. The number of aromatic nitrogens is 2. The molecular weight excluding hydrogens is 356 g/mol. The first-order chi connectivity index (χ1) is 12.5. The van der Waals surface area contributed by atoms with E-state index in [0.717, 1.165) is 6.42 Å². The van der Waals surface area contributed by atoms with Gasteiger partial charge in [-0.2, -0.15) is 0 Å². The van der Waals surface area contributed by atoms with Crippen molar-refractivity contribution in [2.45, 2.75) is 17.9 Å². The van der Waals surface area contributed by atoms with E-state index >= 15 is 0 Å². The van der Waals surface area contributed by atoms with Crippen LogP contribution >= 0.6 is 0 Å². The molecule has 2 aromatic rings. The zero-order valence-corrected chi connectivity index (χ0v) is 15.3. The second-order valence-corrected chi connectivity index (χ2v) is 8.01. The molecule has 0 aliphatic carbocycles. The minimum Gasteiger partial charge on any atom is -0.381 e. The minimum absolute atomic E-state index is 0.0704. The number of carbonyl (C=O) groups excluding carboxylic acids is 1. The van der Waals surface area contributed by atoms with E-state index in [-0.39, 0.29) is 28.8 Å². The predicted octanol–water partition coefficient (Wildman–Crippen LogP) is 0.665. The molecule has 1 unspecified atom stereocenters. The van der Waals surface area contributed by atoms with E-state index in [2.05, 4.69) is 15.0 Å². The normalized spacial score (nSPS) is 17.3.